The van der Waals surface area contributed by atoms with Gasteiger partial charge in [-0.05, 0) is 31.9 Å². The van der Waals surface area contributed by atoms with Gasteiger partial charge in [0.15, 0.2) is 0 Å². The Kier molecular flexibility index (Phi) is 4.22. The first-order valence-electron chi connectivity index (χ1n) is 6.70. The van der Waals surface area contributed by atoms with Gasteiger partial charge in [0.2, 0.25) is 5.91 Å². The van der Waals surface area contributed by atoms with E-state index in [2.05, 4.69) is 10.3 Å². The predicted molar refractivity (Wildman–Crippen MR) is 74.9 cm³/mol. The smallest absolute Gasteiger partial charge is 0.337 e. The van der Waals surface area contributed by atoms with Gasteiger partial charge in [-0.2, -0.15) is 0 Å². The first-order chi connectivity index (χ1) is 9.52. The molecule has 2 heterocycles. The van der Waals surface area contributed by atoms with E-state index >= 15 is 0 Å². The summed E-state index contributed by atoms with van der Waals surface area (Å²) in [5.74, 6) is -0.215. The van der Waals surface area contributed by atoms with Gasteiger partial charge in [0.1, 0.15) is 5.82 Å². The van der Waals surface area contributed by atoms with Crippen LogP contribution in [-0.4, -0.2) is 42.1 Å². The SMILES string of the molecule is CNC(=O)C1CCCN(c2ccc(C(=O)O)c(C)n2)C1. The fourth-order valence-electron chi connectivity index (χ4n) is 2.55. The lowest BCUT2D eigenvalue weighted by Crippen LogP contribution is -2.42. The van der Waals surface area contributed by atoms with E-state index in [-0.39, 0.29) is 17.4 Å². The number of aromatic carboxylic acids is 1. The summed E-state index contributed by atoms with van der Waals surface area (Å²) in [7, 11) is 1.64. The number of rotatable bonds is 3. The molecule has 0 radical (unpaired) electrons. The maximum absolute atomic E-state index is 11.7. The molecule has 20 heavy (non-hydrogen) atoms. The molecule has 1 saturated heterocycles. The van der Waals surface area contributed by atoms with Gasteiger partial charge < -0.3 is 15.3 Å². The number of pyridine rings is 1. The zero-order valence-electron chi connectivity index (χ0n) is 11.7. The lowest BCUT2D eigenvalue weighted by molar-refractivity contribution is -0.124. The van der Waals surface area contributed by atoms with Crippen molar-refractivity contribution in [3.05, 3.63) is 23.4 Å². The van der Waals surface area contributed by atoms with Crippen molar-refractivity contribution in [1.82, 2.24) is 10.3 Å². The number of amides is 1. The minimum Gasteiger partial charge on any atom is -0.478 e. The second-order valence-corrected chi connectivity index (χ2v) is 5.01. The minimum absolute atomic E-state index is 0.0324. The van der Waals surface area contributed by atoms with Crippen LogP contribution < -0.4 is 10.2 Å². The fourth-order valence-corrected chi connectivity index (χ4v) is 2.55. The topological polar surface area (TPSA) is 82.5 Å². The first-order valence-corrected chi connectivity index (χ1v) is 6.70. The van der Waals surface area contributed by atoms with E-state index in [1.807, 2.05) is 4.90 Å². The molecule has 0 spiro atoms. The monoisotopic (exact) mass is 277 g/mol. The third kappa shape index (κ3) is 2.89. The molecule has 6 nitrogen and oxygen atoms in total. The largest absolute Gasteiger partial charge is 0.478 e. The normalized spacial score (nSPS) is 18.7. The zero-order chi connectivity index (χ0) is 14.7. The van der Waals surface area contributed by atoms with E-state index in [1.165, 1.54) is 0 Å². The Bertz CT molecular complexity index is 530. The molecule has 0 saturated carbocycles. The van der Waals surface area contributed by atoms with Crippen LogP contribution in [0.3, 0.4) is 0 Å². The molecule has 0 aromatic carbocycles. The molecule has 1 aliphatic rings. The van der Waals surface area contributed by atoms with Gasteiger partial charge in [0.25, 0.3) is 0 Å². The van der Waals surface area contributed by atoms with Crippen LogP contribution in [0.5, 0.6) is 0 Å². The van der Waals surface area contributed by atoms with E-state index in [0.29, 0.717) is 12.2 Å². The van der Waals surface area contributed by atoms with E-state index in [4.69, 9.17) is 5.11 Å². The molecule has 6 heteroatoms. The highest BCUT2D eigenvalue weighted by molar-refractivity contribution is 5.89. The maximum Gasteiger partial charge on any atom is 0.337 e. The van der Waals surface area contributed by atoms with Crippen molar-refractivity contribution in [2.75, 3.05) is 25.0 Å². The number of nitrogens with one attached hydrogen (secondary N) is 1. The Balaban J connectivity index is 2.17. The van der Waals surface area contributed by atoms with Crippen LogP contribution in [0, 0.1) is 12.8 Å². The molecule has 2 rings (SSSR count). The lowest BCUT2D eigenvalue weighted by atomic mass is 9.97. The lowest BCUT2D eigenvalue weighted by Gasteiger charge is -2.32. The average Bonchev–Trinajstić information content (AvgIpc) is 2.46. The number of aryl methyl sites for hydroxylation is 1. The van der Waals surface area contributed by atoms with Crippen molar-refractivity contribution in [2.24, 2.45) is 5.92 Å². The van der Waals surface area contributed by atoms with Gasteiger partial charge in [-0.1, -0.05) is 0 Å². The number of aromatic nitrogens is 1. The Morgan fingerprint density at radius 3 is 2.80 bits per heavy atom. The van der Waals surface area contributed by atoms with Crippen LogP contribution in [0.1, 0.15) is 28.9 Å². The summed E-state index contributed by atoms with van der Waals surface area (Å²) in [4.78, 5) is 29.1. The quantitative estimate of drug-likeness (QED) is 0.863. The van der Waals surface area contributed by atoms with Crippen molar-refractivity contribution in [1.29, 1.82) is 0 Å². The molecule has 0 bridgehead atoms. The van der Waals surface area contributed by atoms with E-state index in [0.717, 1.165) is 25.2 Å². The molecule has 1 aromatic heterocycles. The van der Waals surface area contributed by atoms with Crippen molar-refractivity contribution in [2.45, 2.75) is 19.8 Å². The number of hydrogen-bond acceptors (Lipinski definition) is 4. The van der Waals surface area contributed by atoms with E-state index < -0.39 is 5.97 Å². The second kappa shape index (κ2) is 5.90. The van der Waals surface area contributed by atoms with Crippen LogP contribution in [0.15, 0.2) is 12.1 Å². The van der Waals surface area contributed by atoms with Crippen molar-refractivity contribution in [3.8, 4) is 0 Å². The highest BCUT2D eigenvalue weighted by Gasteiger charge is 2.26. The number of piperidine rings is 1. The number of anilines is 1. The number of carboxylic acids is 1. The van der Waals surface area contributed by atoms with Gasteiger partial charge in [0.05, 0.1) is 17.2 Å². The molecule has 1 unspecified atom stereocenters. The predicted octanol–water partition coefficient (Wildman–Crippen LogP) is 1.05. The highest BCUT2D eigenvalue weighted by Crippen LogP contribution is 2.23. The fraction of sp³-hybridized carbons (Fsp3) is 0.500. The van der Waals surface area contributed by atoms with Gasteiger partial charge in [0, 0.05) is 20.1 Å². The average molecular weight is 277 g/mol. The second-order valence-electron chi connectivity index (χ2n) is 5.01. The Hall–Kier alpha value is -2.11. The van der Waals surface area contributed by atoms with E-state index in [9.17, 15) is 9.59 Å². The van der Waals surface area contributed by atoms with Crippen molar-refractivity contribution in [3.63, 3.8) is 0 Å². The summed E-state index contributed by atoms with van der Waals surface area (Å²) in [5.41, 5.74) is 0.714. The minimum atomic E-state index is -0.969. The third-order valence-corrected chi connectivity index (χ3v) is 3.66. The Morgan fingerprint density at radius 1 is 1.45 bits per heavy atom. The van der Waals surface area contributed by atoms with Crippen LogP contribution in [0.25, 0.3) is 0 Å². The van der Waals surface area contributed by atoms with Gasteiger partial charge >= 0.3 is 5.97 Å². The van der Waals surface area contributed by atoms with Crippen molar-refractivity contribution >= 4 is 17.7 Å². The van der Waals surface area contributed by atoms with Crippen LogP contribution in [0.2, 0.25) is 0 Å². The number of carbonyl (C=O) groups is 2. The number of hydrogen-bond donors (Lipinski definition) is 2. The van der Waals surface area contributed by atoms with Crippen LogP contribution in [0.4, 0.5) is 5.82 Å². The molecule has 1 atom stereocenters. The maximum atomic E-state index is 11.7. The summed E-state index contributed by atoms with van der Waals surface area (Å²) in [6, 6.07) is 3.28. The van der Waals surface area contributed by atoms with Crippen molar-refractivity contribution < 1.29 is 14.7 Å². The first kappa shape index (κ1) is 14.3. The number of carbonyl (C=O) groups excluding carboxylic acids is 1. The van der Waals surface area contributed by atoms with Gasteiger partial charge in [-0.15, -0.1) is 0 Å². The molecule has 1 fully saturated rings. The van der Waals surface area contributed by atoms with E-state index in [1.54, 1.807) is 26.1 Å². The summed E-state index contributed by atoms with van der Waals surface area (Å²) in [6.07, 6.45) is 1.81. The molecule has 1 aliphatic heterocycles. The summed E-state index contributed by atoms with van der Waals surface area (Å²) in [6.45, 7) is 3.15. The molecular weight excluding hydrogens is 258 g/mol. The van der Waals surface area contributed by atoms with Gasteiger partial charge in [-0.3, -0.25) is 4.79 Å². The number of nitrogens with zero attached hydrogens (tertiary/aromatic N) is 2. The summed E-state index contributed by atoms with van der Waals surface area (Å²) in [5, 5.41) is 11.7. The summed E-state index contributed by atoms with van der Waals surface area (Å²) >= 11 is 0. The van der Waals surface area contributed by atoms with Gasteiger partial charge in [-0.25, -0.2) is 9.78 Å². The third-order valence-electron chi connectivity index (χ3n) is 3.66. The molecular formula is C14H19N3O3. The molecule has 1 amide bonds. The standard InChI is InChI=1S/C14H19N3O3/c1-9-11(14(19)20)5-6-12(16-9)17-7-3-4-10(8-17)13(18)15-2/h5-6,10H,3-4,7-8H2,1-2H3,(H,15,18)(H,19,20). The Labute approximate surface area is 117 Å². The molecule has 0 aliphatic carbocycles. The van der Waals surface area contributed by atoms with Crippen LogP contribution >= 0.6 is 0 Å². The van der Waals surface area contributed by atoms with Crippen LogP contribution in [-0.2, 0) is 4.79 Å². The summed E-state index contributed by atoms with van der Waals surface area (Å²) < 4.78 is 0. The molecule has 108 valence electrons. The zero-order valence-corrected chi connectivity index (χ0v) is 11.7. The molecule has 1 aromatic rings. The molecule has 2 N–H and O–H groups in total. The Morgan fingerprint density at radius 2 is 2.20 bits per heavy atom. The number of carboxylic acid groups (broad SMARTS) is 1. The highest BCUT2D eigenvalue weighted by atomic mass is 16.4.